The second-order valence-electron chi connectivity index (χ2n) is 7.96. The van der Waals surface area contributed by atoms with Crippen molar-refractivity contribution < 1.29 is 13.2 Å². The van der Waals surface area contributed by atoms with Gasteiger partial charge in [-0.3, -0.25) is 0 Å². The fourth-order valence-electron chi connectivity index (χ4n) is 3.92. The molecule has 0 aliphatic heterocycles. The Balaban J connectivity index is 1.71. The zero-order valence-electron chi connectivity index (χ0n) is 19.3. The van der Waals surface area contributed by atoms with E-state index in [4.69, 9.17) is 4.85 Å². The normalized spacial score (nSPS) is 12.1. The van der Waals surface area contributed by atoms with Crippen LogP contribution >= 0.6 is 18.4 Å². The molecule has 0 N–H and O–H groups in total. The van der Waals surface area contributed by atoms with Gasteiger partial charge in [0.2, 0.25) is 0 Å². The number of aromatic nitrogens is 1. The van der Waals surface area contributed by atoms with Crippen LogP contribution in [0.4, 0.5) is 18.2 Å². The molecule has 0 unspecified atom stereocenters. The van der Waals surface area contributed by atoms with E-state index in [1.807, 2.05) is 91.0 Å². The summed E-state index contributed by atoms with van der Waals surface area (Å²) in [6.45, 7) is 0. The summed E-state index contributed by atoms with van der Waals surface area (Å²) in [6, 6.07) is 37.7. The van der Waals surface area contributed by atoms with Crippen LogP contribution in [0.3, 0.4) is 0 Å². The summed E-state index contributed by atoms with van der Waals surface area (Å²) < 4.78 is 41.6. The SMILES string of the molecule is FC(F)(F)c1nc(-c2ccccc2)sc1/N=N/N=P(c1ccccc1)(c1ccccc1)c1ccccc1. The molecule has 0 atom stereocenters. The monoisotopic (exact) mass is 532 g/mol. The Morgan fingerprint density at radius 2 is 1.05 bits per heavy atom. The Bertz CT molecular complexity index is 1450. The third kappa shape index (κ3) is 5.17. The van der Waals surface area contributed by atoms with Gasteiger partial charge >= 0.3 is 6.18 Å². The van der Waals surface area contributed by atoms with Gasteiger partial charge in [0.15, 0.2) is 10.7 Å². The molecule has 0 saturated heterocycles. The highest BCUT2D eigenvalue weighted by Gasteiger charge is 2.38. The maximum atomic E-state index is 13.9. The van der Waals surface area contributed by atoms with Gasteiger partial charge in [0.1, 0.15) is 5.01 Å². The van der Waals surface area contributed by atoms with Crippen molar-refractivity contribution in [2.24, 2.45) is 15.2 Å². The van der Waals surface area contributed by atoms with Gasteiger partial charge in [-0.25, -0.2) is 4.98 Å². The number of rotatable bonds is 6. The van der Waals surface area contributed by atoms with Gasteiger partial charge in [-0.1, -0.05) is 133 Å². The van der Waals surface area contributed by atoms with E-state index in [0.717, 1.165) is 27.3 Å². The van der Waals surface area contributed by atoms with Crippen molar-refractivity contribution in [2.45, 2.75) is 6.18 Å². The number of hydrogen-bond acceptors (Lipinski definition) is 3. The molecule has 1 aromatic heterocycles. The standard InChI is InChI=1S/C28H20F3N4PS/c29-28(30,31)25-27(37-26(32-25)21-13-5-1-6-14-21)33-34-35-36(22-15-7-2-8-16-22,23-17-9-3-10-18-23)24-19-11-4-12-20-24/h1-20H/b34-33+. The van der Waals surface area contributed by atoms with Gasteiger partial charge in [0, 0.05) is 21.5 Å². The average Bonchev–Trinajstić information content (AvgIpc) is 3.38. The number of alkyl halides is 3. The first-order valence-electron chi connectivity index (χ1n) is 11.3. The first-order valence-corrected chi connectivity index (χ1v) is 13.9. The molecule has 0 aliphatic carbocycles. The third-order valence-corrected chi connectivity index (χ3v) is 10.1. The van der Waals surface area contributed by atoms with Gasteiger partial charge in [-0.2, -0.15) is 13.2 Å². The van der Waals surface area contributed by atoms with Crippen LogP contribution in [-0.4, -0.2) is 4.98 Å². The van der Waals surface area contributed by atoms with Crippen LogP contribution in [0, 0.1) is 0 Å². The number of halogens is 3. The summed E-state index contributed by atoms with van der Waals surface area (Å²) in [4.78, 5) is 8.60. The predicted octanol–water partition coefficient (Wildman–Crippen LogP) is 8.01. The third-order valence-electron chi connectivity index (χ3n) is 5.60. The van der Waals surface area contributed by atoms with E-state index in [-0.39, 0.29) is 10.0 Å². The summed E-state index contributed by atoms with van der Waals surface area (Å²) in [5, 5.41) is 10.7. The van der Waals surface area contributed by atoms with E-state index in [9.17, 15) is 13.2 Å². The van der Waals surface area contributed by atoms with Crippen LogP contribution in [0.15, 0.2) is 137 Å². The smallest absolute Gasteiger partial charge is 0.229 e. The van der Waals surface area contributed by atoms with E-state index in [2.05, 4.69) is 15.3 Å². The Hall–Kier alpha value is -3.87. The lowest BCUT2D eigenvalue weighted by atomic mass is 10.2. The fourth-order valence-corrected chi connectivity index (χ4v) is 8.01. The Kier molecular flexibility index (Phi) is 7.12. The van der Waals surface area contributed by atoms with Crippen molar-refractivity contribution in [3.05, 3.63) is 127 Å². The maximum Gasteiger partial charge on any atom is 0.436 e. The lowest BCUT2D eigenvalue weighted by Crippen LogP contribution is -2.25. The predicted molar refractivity (Wildman–Crippen MR) is 145 cm³/mol. The van der Waals surface area contributed by atoms with Gasteiger partial charge < -0.3 is 0 Å². The minimum Gasteiger partial charge on any atom is -0.229 e. The molecule has 0 amide bonds. The Morgan fingerprint density at radius 3 is 1.49 bits per heavy atom. The van der Waals surface area contributed by atoms with Crippen LogP contribution in [0.2, 0.25) is 0 Å². The summed E-state index contributed by atoms with van der Waals surface area (Å²) in [7, 11) is -2.73. The molecule has 1 heterocycles. The maximum absolute atomic E-state index is 13.9. The van der Waals surface area contributed by atoms with Crippen LogP contribution in [0.5, 0.6) is 0 Å². The summed E-state index contributed by atoms with van der Waals surface area (Å²) in [5.41, 5.74) is -0.491. The minimum atomic E-state index is -4.68. The van der Waals surface area contributed by atoms with Crippen molar-refractivity contribution >= 4 is 39.3 Å². The quantitative estimate of drug-likeness (QED) is 0.124. The minimum absolute atomic E-state index is 0.220. The van der Waals surface area contributed by atoms with Crippen LogP contribution in [0.25, 0.3) is 10.6 Å². The van der Waals surface area contributed by atoms with E-state index < -0.39 is 18.9 Å². The van der Waals surface area contributed by atoms with E-state index in [0.29, 0.717) is 5.56 Å². The van der Waals surface area contributed by atoms with Gasteiger partial charge in [0.05, 0.1) is 7.05 Å². The molecular formula is C28H20F3N4PS. The molecule has 5 aromatic rings. The molecule has 9 heteroatoms. The van der Waals surface area contributed by atoms with Gasteiger partial charge in [-0.15, -0.1) is 9.97 Å². The first kappa shape index (κ1) is 24.8. The zero-order chi connectivity index (χ0) is 25.7. The number of nitrogens with zero attached hydrogens (tertiary/aromatic N) is 4. The second-order valence-corrected chi connectivity index (χ2v) is 11.9. The summed E-state index contributed by atoms with van der Waals surface area (Å²) in [5.74, 6) is 0. The molecule has 0 saturated carbocycles. The number of hydrogen-bond donors (Lipinski definition) is 0. The molecule has 0 aliphatic rings. The highest BCUT2D eigenvalue weighted by Crippen LogP contribution is 2.47. The molecule has 0 bridgehead atoms. The summed E-state index contributed by atoms with van der Waals surface area (Å²) in [6.07, 6.45) is -4.68. The molecular weight excluding hydrogens is 512 g/mol. The Labute approximate surface area is 216 Å². The van der Waals surface area contributed by atoms with Crippen LogP contribution in [0.1, 0.15) is 5.69 Å². The van der Waals surface area contributed by atoms with Crippen molar-refractivity contribution in [1.29, 1.82) is 0 Å². The lowest BCUT2D eigenvalue weighted by molar-refractivity contribution is -0.140. The number of benzene rings is 4. The Morgan fingerprint density at radius 1 is 0.622 bits per heavy atom. The molecule has 0 spiro atoms. The molecule has 37 heavy (non-hydrogen) atoms. The second kappa shape index (κ2) is 10.6. The zero-order valence-corrected chi connectivity index (χ0v) is 21.0. The summed E-state index contributed by atoms with van der Waals surface area (Å²) >= 11 is 0.838. The fraction of sp³-hybridized carbons (Fsp3) is 0.0357. The molecule has 5 rings (SSSR count). The highest BCUT2D eigenvalue weighted by molar-refractivity contribution is 7.87. The van der Waals surface area contributed by atoms with Crippen molar-refractivity contribution in [3.8, 4) is 10.6 Å². The van der Waals surface area contributed by atoms with E-state index in [1.165, 1.54) is 0 Å². The van der Waals surface area contributed by atoms with E-state index >= 15 is 0 Å². The largest absolute Gasteiger partial charge is 0.436 e. The lowest BCUT2D eigenvalue weighted by Gasteiger charge is -2.24. The topological polar surface area (TPSA) is 50.0 Å². The molecule has 184 valence electrons. The molecule has 0 fully saturated rings. The first-order chi connectivity index (χ1) is 18.0. The van der Waals surface area contributed by atoms with Crippen LogP contribution in [-0.2, 0) is 6.18 Å². The van der Waals surface area contributed by atoms with Crippen molar-refractivity contribution in [2.75, 3.05) is 0 Å². The number of thiazole rings is 1. The van der Waals surface area contributed by atoms with Gasteiger partial charge in [0.25, 0.3) is 0 Å². The van der Waals surface area contributed by atoms with Gasteiger partial charge in [-0.05, 0) is 5.22 Å². The molecule has 4 nitrogen and oxygen atoms in total. The van der Waals surface area contributed by atoms with Crippen molar-refractivity contribution in [1.82, 2.24) is 4.98 Å². The van der Waals surface area contributed by atoms with E-state index in [1.54, 1.807) is 30.3 Å². The average molecular weight is 533 g/mol. The van der Waals surface area contributed by atoms with Crippen LogP contribution < -0.4 is 15.9 Å². The highest BCUT2D eigenvalue weighted by atomic mass is 32.1. The van der Waals surface area contributed by atoms with Crippen molar-refractivity contribution in [3.63, 3.8) is 0 Å². The molecule has 0 radical (unpaired) electrons. The molecule has 4 aromatic carbocycles.